The Morgan fingerprint density at radius 1 is 1.27 bits per heavy atom. The molecule has 5 nitrogen and oxygen atoms in total. The summed E-state index contributed by atoms with van der Waals surface area (Å²) in [6.45, 7) is 8.35. The second kappa shape index (κ2) is 8.76. The van der Waals surface area contributed by atoms with Crippen molar-refractivity contribution < 1.29 is 13.2 Å². The zero-order chi connectivity index (χ0) is 19.4. The minimum Gasteiger partial charge on any atom is -0.342 e. The Hall–Kier alpha value is -1.05. The molecule has 1 aliphatic rings. The molecule has 1 saturated heterocycles. The van der Waals surface area contributed by atoms with Crippen LogP contribution in [0.3, 0.4) is 0 Å². The number of thioether (sulfide) groups is 1. The largest absolute Gasteiger partial charge is 0.342 e. The lowest BCUT2D eigenvalue weighted by Gasteiger charge is -2.32. The van der Waals surface area contributed by atoms with Gasteiger partial charge in [0.15, 0.2) is 0 Å². The highest BCUT2D eigenvalue weighted by Gasteiger charge is 2.24. The Labute approximate surface area is 162 Å². The van der Waals surface area contributed by atoms with Crippen LogP contribution in [-0.4, -0.2) is 50.9 Å². The minimum atomic E-state index is -3.18. The number of benzene rings is 1. The first-order chi connectivity index (χ1) is 12.0. The Morgan fingerprint density at radius 2 is 1.92 bits per heavy atom. The lowest BCUT2D eigenvalue weighted by atomic mass is 9.87. The molecule has 0 bridgehead atoms. The summed E-state index contributed by atoms with van der Waals surface area (Å²) in [4.78, 5) is 15.5. The number of nitrogens with zero attached hydrogens (tertiary/aromatic N) is 1. The third-order valence-corrected chi connectivity index (χ3v) is 6.28. The number of piperidine rings is 1. The molecule has 1 atom stereocenters. The van der Waals surface area contributed by atoms with Crippen molar-refractivity contribution in [3.8, 4) is 0 Å². The number of hydrogen-bond acceptors (Lipinski definition) is 4. The van der Waals surface area contributed by atoms with Gasteiger partial charge in [0, 0.05) is 24.5 Å². The topological polar surface area (TPSA) is 66.5 Å². The van der Waals surface area contributed by atoms with Crippen molar-refractivity contribution in [2.75, 3.05) is 31.6 Å². The molecule has 0 aromatic heterocycles. The molecule has 1 unspecified atom stereocenters. The standard InChI is InChI=1S/C19H30N2O3S2/c1-19(2,3)16-7-9-17(10-8-16)25-14-18(22)21-11-5-6-15(13-21)12-20-26(4,23)24/h7-10,15,20H,5-6,11-14H2,1-4H3. The van der Waals surface area contributed by atoms with Gasteiger partial charge in [0.25, 0.3) is 0 Å². The molecule has 1 N–H and O–H groups in total. The van der Waals surface area contributed by atoms with Crippen LogP contribution in [-0.2, 0) is 20.2 Å². The van der Waals surface area contributed by atoms with Crippen molar-refractivity contribution in [1.29, 1.82) is 0 Å². The molecule has 1 aromatic carbocycles. The van der Waals surface area contributed by atoms with E-state index in [0.29, 0.717) is 18.8 Å². The van der Waals surface area contributed by atoms with E-state index in [4.69, 9.17) is 0 Å². The quantitative estimate of drug-likeness (QED) is 0.748. The maximum Gasteiger partial charge on any atom is 0.232 e. The summed E-state index contributed by atoms with van der Waals surface area (Å²) in [7, 11) is -3.18. The summed E-state index contributed by atoms with van der Waals surface area (Å²) < 4.78 is 25.0. The number of carbonyl (C=O) groups excluding carboxylic acids is 1. The van der Waals surface area contributed by atoms with Gasteiger partial charge in [-0.1, -0.05) is 32.9 Å². The van der Waals surface area contributed by atoms with Crippen LogP contribution in [0.4, 0.5) is 0 Å². The lowest BCUT2D eigenvalue weighted by molar-refractivity contribution is -0.130. The minimum absolute atomic E-state index is 0.124. The van der Waals surface area contributed by atoms with Crippen LogP contribution in [0.2, 0.25) is 0 Å². The molecular weight excluding hydrogens is 368 g/mol. The van der Waals surface area contributed by atoms with Crippen LogP contribution in [0.5, 0.6) is 0 Å². The monoisotopic (exact) mass is 398 g/mol. The van der Waals surface area contributed by atoms with Gasteiger partial charge < -0.3 is 4.90 Å². The fraction of sp³-hybridized carbons (Fsp3) is 0.632. The molecule has 7 heteroatoms. The molecule has 0 spiro atoms. The number of nitrogens with one attached hydrogen (secondary N) is 1. The molecule has 0 saturated carbocycles. The SMILES string of the molecule is CC(C)(C)c1ccc(SCC(=O)N2CCCC(CNS(C)(=O)=O)C2)cc1. The summed E-state index contributed by atoms with van der Waals surface area (Å²) in [6, 6.07) is 8.41. The van der Waals surface area contributed by atoms with Gasteiger partial charge >= 0.3 is 0 Å². The average Bonchev–Trinajstić information content (AvgIpc) is 2.57. The fourth-order valence-corrected chi connectivity index (χ4v) is 4.35. The van der Waals surface area contributed by atoms with E-state index in [0.717, 1.165) is 24.3 Å². The molecule has 146 valence electrons. The zero-order valence-corrected chi connectivity index (χ0v) is 17.8. The van der Waals surface area contributed by atoms with Gasteiger partial charge in [-0.3, -0.25) is 4.79 Å². The molecule has 0 radical (unpaired) electrons. The Bertz CT molecular complexity index is 709. The summed E-state index contributed by atoms with van der Waals surface area (Å²) in [5.41, 5.74) is 1.41. The maximum absolute atomic E-state index is 12.5. The van der Waals surface area contributed by atoms with Crippen LogP contribution in [0, 0.1) is 5.92 Å². The van der Waals surface area contributed by atoms with E-state index in [9.17, 15) is 13.2 Å². The number of carbonyl (C=O) groups is 1. The second-order valence-electron chi connectivity index (χ2n) is 8.03. The van der Waals surface area contributed by atoms with Crippen LogP contribution >= 0.6 is 11.8 Å². The first kappa shape index (κ1) is 21.3. The van der Waals surface area contributed by atoms with Gasteiger partial charge in [-0.25, -0.2) is 13.1 Å². The van der Waals surface area contributed by atoms with Crippen LogP contribution in [0.1, 0.15) is 39.2 Å². The van der Waals surface area contributed by atoms with Crippen molar-refractivity contribution >= 4 is 27.7 Å². The molecular formula is C19H30N2O3S2. The van der Waals surface area contributed by atoms with E-state index in [-0.39, 0.29) is 17.2 Å². The van der Waals surface area contributed by atoms with Gasteiger partial charge in [0.2, 0.25) is 15.9 Å². The van der Waals surface area contributed by atoms with E-state index >= 15 is 0 Å². The summed E-state index contributed by atoms with van der Waals surface area (Å²) in [6.07, 6.45) is 3.04. The highest BCUT2D eigenvalue weighted by Crippen LogP contribution is 2.26. The summed E-state index contributed by atoms with van der Waals surface area (Å²) in [5.74, 6) is 0.735. The highest BCUT2D eigenvalue weighted by molar-refractivity contribution is 8.00. The highest BCUT2D eigenvalue weighted by atomic mass is 32.2. The first-order valence-corrected chi connectivity index (χ1v) is 11.9. The smallest absolute Gasteiger partial charge is 0.232 e. The van der Waals surface area contributed by atoms with Gasteiger partial charge in [-0.05, 0) is 41.9 Å². The molecule has 1 aromatic rings. The number of likely N-dealkylation sites (tertiary alicyclic amines) is 1. The van der Waals surface area contributed by atoms with E-state index in [1.54, 1.807) is 11.8 Å². The zero-order valence-electron chi connectivity index (χ0n) is 16.1. The van der Waals surface area contributed by atoms with Crippen LogP contribution in [0.15, 0.2) is 29.2 Å². The third-order valence-electron chi connectivity index (χ3n) is 4.59. The van der Waals surface area contributed by atoms with Crippen molar-refractivity contribution in [3.63, 3.8) is 0 Å². The predicted octanol–water partition coefficient (Wildman–Crippen LogP) is 2.86. The molecule has 1 aliphatic heterocycles. The van der Waals surface area contributed by atoms with Crippen LogP contribution in [0.25, 0.3) is 0 Å². The number of hydrogen-bond donors (Lipinski definition) is 1. The normalized spacial score (nSPS) is 18.8. The Kier molecular flexibility index (Phi) is 7.16. The first-order valence-electron chi connectivity index (χ1n) is 9.00. The fourth-order valence-electron chi connectivity index (χ4n) is 3.01. The predicted molar refractivity (Wildman–Crippen MR) is 108 cm³/mol. The average molecular weight is 399 g/mol. The number of sulfonamides is 1. The van der Waals surface area contributed by atoms with Crippen LogP contribution < -0.4 is 4.72 Å². The summed E-state index contributed by atoms with van der Waals surface area (Å²) >= 11 is 1.56. The van der Waals surface area contributed by atoms with E-state index in [1.807, 2.05) is 4.90 Å². The van der Waals surface area contributed by atoms with E-state index in [2.05, 4.69) is 49.8 Å². The van der Waals surface area contributed by atoms with Crippen molar-refractivity contribution in [3.05, 3.63) is 29.8 Å². The van der Waals surface area contributed by atoms with E-state index < -0.39 is 10.0 Å². The molecule has 1 heterocycles. The summed E-state index contributed by atoms with van der Waals surface area (Å²) in [5, 5.41) is 0. The second-order valence-corrected chi connectivity index (χ2v) is 10.9. The van der Waals surface area contributed by atoms with Gasteiger partial charge in [-0.15, -0.1) is 11.8 Å². The van der Waals surface area contributed by atoms with Crippen molar-refractivity contribution in [2.24, 2.45) is 5.92 Å². The van der Waals surface area contributed by atoms with Gasteiger partial charge in [0.05, 0.1) is 12.0 Å². The molecule has 1 fully saturated rings. The Balaban J connectivity index is 1.83. The van der Waals surface area contributed by atoms with Gasteiger partial charge in [0.1, 0.15) is 0 Å². The van der Waals surface area contributed by atoms with Gasteiger partial charge in [-0.2, -0.15) is 0 Å². The molecule has 26 heavy (non-hydrogen) atoms. The van der Waals surface area contributed by atoms with Crippen molar-refractivity contribution in [1.82, 2.24) is 9.62 Å². The van der Waals surface area contributed by atoms with Crippen molar-refractivity contribution in [2.45, 2.75) is 43.9 Å². The molecule has 0 aliphatic carbocycles. The number of amides is 1. The molecule has 1 amide bonds. The third kappa shape index (κ3) is 6.93. The Morgan fingerprint density at radius 3 is 2.50 bits per heavy atom. The van der Waals surface area contributed by atoms with E-state index in [1.165, 1.54) is 11.8 Å². The maximum atomic E-state index is 12.5. The number of rotatable bonds is 6. The lowest BCUT2D eigenvalue weighted by Crippen LogP contribution is -2.44. The molecule has 2 rings (SSSR count).